The van der Waals surface area contributed by atoms with Gasteiger partial charge in [0.2, 0.25) is 0 Å². The van der Waals surface area contributed by atoms with Gasteiger partial charge in [0.15, 0.2) is 5.69 Å². The number of methoxy groups -OCH3 is 1. The number of hydrogen-bond donors (Lipinski definition) is 1. The number of thiazole rings is 1. The summed E-state index contributed by atoms with van der Waals surface area (Å²) in [5, 5.41) is 10.2. The van der Waals surface area contributed by atoms with Gasteiger partial charge in [-0.2, -0.15) is 0 Å². The molecule has 2 rings (SSSR count). The molecule has 2 aromatic rings. The minimum Gasteiger partial charge on any atom is -0.496 e. The number of aryl methyl sites for hydroxylation is 2. The molecule has 1 heterocycles. The first-order chi connectivity index (χ1) is 9.56. The molecule has 0 fully saturated rings. The molecule has 0 bridgehead atoms. The van der Waals surface area contributed by atoms with Crippen LogP contribution in [0.2, 0.25) is 0 Å². The first-order valence-electron chi connectivity index (χ1n) is 6.44. The minimum atomic E-state index is -0.980. The third-order valence-corrected chi connectivity index (χ3v) is 4.16. The number of carboxylic acids is 1. The summed E-state index contributed by atoms with van der Waals surface area (Å²) in [6.07, 6.45) is 1.76. The Bertz CT molecular complexity index is 634. The molecule has 0 aliphatic heterocycles. The van der Waals surface area contributed by atoms with Gasteiger partial charge < -0.3 is 9.84 Å². The lowest BCUT2D eigenvalue weighted by atomic mass is 10.1. The lowest BCUT2D eigenvalue weighted by molar-refractivity contribution is 0.0692. The molecule has 0 aliphatic rings. The average Bonchev–Trinajstić information content (AvgIpc) is 2.83. The quantitative estimate of drug-likeness (QED) is 0.910. The van der Waals surface area contributed by atoms with Crippen molar-refractivity contribution < 1.29 is 14.6 Å². The maximum absolute atomic E-state index is 11.3. The summed E-state index contributed by atoms with van der Waals surface area (Å²) >= 11 is 1.45. The Morgan fingerprint density at radius 1 is 1.45 bits per heavy atom. The van der Waals surface area contributed by atoms with Crippen LogP contribution in [0.25, 0.3) is 10.4 Å². The summed E-state index contributed by atoms with van der Waals surface area (Å²) in [4.78, 5) is 16.3. The van der Waals surface area contributed by atoms with Gasteiger partial charge in [0.05, 0.1) is 17.0 Å². The van der Waals surface area contributed by atoms with Crippen molar-refractivity contribution in [2.45, 2.75) is 26.7 Å². The predicted octanol–water partition coefficient (Wildman–Crippen LogP) is 3.78. The Morgan fingerprint density at radius 2 is 2.20 bits per heavy atom. The molecule has 5 heteroatoms. The number of carbonyl (C=O) groups is 1. The van der Waals surface area contributed by atoms with Crippen LogP contribution in [0, 0.1) is 6.92 Å². The molecule has 4 nitrogen and oxygen atoms in total. The van der Waals surface area contributed by atoms with Gasteiger partial charge in [0.25, 0.3) is 0 Å². The Kier molecular flexibility index (Phi) is 4.39. The number of rotatable bonds is 5. The van der Waals surface area contributed by atoms with E-state index in [1.807, 2.05) is 25.1 Å². The Hall–Kier alpha value is -1.88. The summed E-state index contributed by atoms with van der Waals surface area (Å²) in [5.41, 5.74) is 2.00. The SMILES string of the molecule is CCCc1nc(C(=O)O)c(-c2ccc(OC)c(C)c2)s1. The number of aromatic nitrogens is 1. The van der Waals surface area contributed by atoms with Gasteiger partial charge in [0.1, 0.15) is 5.75 Å². The van der Waals surface area contributed by atoms with E-state index in [-0.39, 0.29) is 5.69 Å². The van der Waals surface area contributed by atoms with Crippen LogP contribution < -0.4 is 4.74 Å². The third-order valence-electron chi connectivity index (χ3n) is 2.99. The van der Waals surface area contributed by atoms with Gasteiger partial charge in [-0.25, -0.2) is 9.78 Å². The van der Waals surface area contributed by atoms with Crippen molar-refractivity contribution in [3.05, 3.63) is 34.5 Å². The highest BCUT2D eigenvalue weighted by atomic mass is 32.1. The van der Waals surface area contributed by atoms with E-state index in [0.717, 1.165) is 34.7 Å². The van der Waals surface area contributed by atoms with Crippen LogP contribution in [-0.4, -0.2) is 23.2 Å². The fourth-order valence-corrected chi connectivity index (χ4v) is 3.20. The van der Waals surface area contributed by atoms with E-state index in [4.69, 9.17) is 4.74 Å². The molecule has 1 aromatic carbocycles. The Balaban J connectivity index is 2.50. The van der Waals surface area contributed by atoms with E-state index in [2.05, 4.69) is 11.9 Å². The van der Waals surface area contributed by atoms with Crippen molar-refractivity contribution in [1.29, 1.82) is 0 Å². The largest absolute Gasteiger partial charge is 0.496 e. The van der Waals surface area contributed by atoms with Gasteiger partial charge in [0, 0.05) is 0 Å². The molecule has 0 amide bonds. The summed E-state index contributed by atoms with van der Waals surface area (Å²) in [7, 11) is 1.62. The molecule has 20 heavy (non-hydrogen) atoms. The highest BCUT2D eigenvalue weighted by Gasteiger charge is 2.19. The Morgan fingerprint density at radius 3 is 2.75 bits per heavy atom. The van der Waals surface area contributed by atoms with Crippen LogP contribution in [0.5, 0.6) is 5.75 Å². The van der Waals surface area contributed by atoms with E-state index in [1.54, 1.807) is 7.11 Å². The van der Waals surface area contributed by atoms with Gasteiger partial charge in [-0.15, -0.1) is 11.3 Å². The maximum Gasteiger partial charge on any atom is 0.356 e. The van der Waals surface area contributed by atoms with Crippen molar-refractivity contribution >= 4 is 17.3 Å². The summed E-state index contributed by atoms with van der Waals surface area (Å²) in [5.74, 6) is -0.184. The van der Waals surface area contributed by atoms with Crippen LogP contribution in [-0.2, 0) is 6.42 Å². The second-order valence-electron chi connectivity index (χ2n) is 4.52. The zero-order valence-electron chi connectivity index (χ0n) is 11.8. The van der Waals surface area contributed by atoms with Crippen molar-refractivity contribution in [1.82, 2.24) is 4.98 Å². The van der Waals surface area contributed by atoms with Crippen molar-refractivity contribution in [2.24, 2.45) is 0 Å². The van der Waals surface area contributed by atoms with Crippen molar-refractivity contribution in [3.63, 3.8) is 0 Å². The van der Waals surface area contributed by atoms with Crippen LogP contribution in [0.4, 0.5) is 0 Å². The molecule has 106 valence electrons. The van der Waals surface area contributed by atoms with Gasteiger partial charge in [-0.3, -0.25) is 0 Å². The van der Waals surface area contributed by atoms with E-state index < -0.39 is 5.97 Å². The van der Waals surface area contributed by atoms with E-state index >= 15 is 0 Å². The average molecular weight is 291 g/mol. The summed E-state index contributed by atoms with van der Waals surface area (Å²) < 4.78 is 5.23. The van der Waals surface area contributed by atoms with Crippen molar-refractivity contribution in [2.75, 3.05) is 7.11 Å². The predicted molar refractivity (Wildman–Crippen MR) is 79.8 cm³/mol. The highest BCUT2D eigenvalue weighted by molar-refractivity contribution is 7.15. The molecule has 0 atom stereocenters. The summed E-state index contributed by atoms with van der Waals surface area (Å²) in [6, 6.07) is 5.67. The molecular formula is C15H17NO3S. The molecule has 1 aromatic heterocycles. The molecule has 0 saturated carbocycles. The number of nitrogens with zero attached hydrogens (tertiary/aromatic N) is 1. The van der Waals surface area contributed by atoms with Crippen LogP contribution in [0.15, 0.2) is 18.2 Å². The van der Waals surface area contributed by atoms with E-state index in [1.165, 1.54) is 11.3 Å². The minimum absolute atomic E-state index is 0.142. The second kappa shape index (κ2) is 6.05. The monoisotopic (exact) mass is 291 g/mol. The standard InChI is InChI=1S/C15H17NO3S/c1-4-5-12-16-13(15(17)18)14(20-12)10-6-7-11(19-3)9(2)8-10/h6-8H,4-5H2,1-3H3,(H,17,18). The highest BCUT2D eigenvalue weighted by Crippen LogP contribution is 2.33. The zero-order valence-corrected chi connectivity index (χ0v) is 12.6. The van der Waals surface area contributed by atoms with E-state index in [0.29, 0.717) is 4.88 Å². The zero-order chi connectivity index (χ0) is 14.7. The topological polar surface area (TPSA) is 59.4 Å². The van der Waals surface area contributed by atoms with Gasteiger partial charge in [-0.1, -0.05) is 6.92 Å². The molecule has 1 N–H and O–H groups in total. The molecule has 0 spiro atoms. The number of hydrogen-bond acceptors (Lipinski definition) is 4. The fourth-order valence-electron chi connectivity index (χ4n) is 2.05. The van der Waals surface area contributed by atoms with E-state index in [9.17, 15) is 9.90 Å². The number of aromatic carboxylic acids is 1. The van der Waals surface area contributed by atoms with Crippen LogP contribution >= 0.6 is 11.3 Å². The molecule has 0 radical (unpaired) electrons. The third kappa shape index (κ3) is 2.82. The molecule has 0 saturated heterocycles. The molecule has 0 unspecified atom stereocenters. The smallest absolute Gasteiger partial charge is 0.356 e. The maximum atomic E-state index is 11.3. The normalized spacial score (nSPS) is 10.6. The first-order valence-corrected chi connectivity index (χ1v) is 7.26. The molecular weight excluding hydrogens is 274 g/mol. The van der Waals surface area contributed by atoms with Crippen LogP contribution in [0.3, 0.4) is 0 Å². The van der Waals surface area contributed by atoms with Gasteiger partial charge in [-0.05, 0) is 49.1 Å². The van der Waals surface area contributed by atoms with Crippen LogP contribution in [0.1, 0.15) is 34.4 Å². The molecule has 0 aliphatic carbocycles. The number of carboxylic acid groups (broad SMARTS) is 1. The Labute approximate surface area is 122 Å². The second-order valence-corrected chi connectivity index (χ2v) is 5.61. The number of ether oxygens (including phenoxy) is 1. The fraction of sp³-hybridized carbons (Fsp3) is 0.333. The van der Waals surface area contributed by atoms with Crippen molar-refractivity contribution in [3.8, 4) is 16.2 Å². The lowest BCUT2D eigenvalue weighted by Crippen LogP contribution is -1.99. The summed E-state index contributed by atoms with van der Waals surface area (Å²) in [6.45, 7) is 4.00. The lowest BCUT2D eigenvalue weighted by Gasteiger charge is -2.06. The van der Waals surface area contributed by atoms with Gasteiger partial charge >= 0.3 is 5.97 Å². The first kappa shape index (κ1) is 14.5. The number of benzene rings is 1.